The van der Waals surface area contributed by atoms with E-state index in [2.05, 4.69) is 27.9 Å². The SMILES string of the molecule is COc1cccc(CCN(C(=O)C2CCOC2)[C@@H]2CC(C(=O)NCCO)=C[C@H](Oc3ccccc3I)[C@H]2O)c1. The van der Waals surface area contributed by atoms with Gasteiger partial charge in [-0.15, -0.1) is 0 Å². The van der Waals surface area contributed by atoms with Crippen LogP contribution in [0.25, 0.3) is 0 Å². The molecule has 0 bridgehead atoms. The maximum absolute atomic E-state index is 13.8. The van der Waals surface area contributed by atoms with E-state index in [1.54, 1.807) is 24.2 Å². The fraction of sp³-hybridized carbons (Fsp3) is 0.448. The van der Waals surface area contributed by atoms with E-state index in [1.165, 1.54) is 0 Å². The van der Waals surface area contributed by atoms with E-state index in [9.17, 15) is 19.8 Å². The zero-order valence-electron chi connectivity index (χ0n) is 21.9. The number of hydrogen-bond acceptors (Lipinski definition) is 7. The number of rotatable bonds is 11. The topological polar surface area (TPSA) is 118 Å². The molecule has 0 spiro atoms. The molecule has 1 aliphatic heterocycles. The maximum Gasteiger partial charge on any atom is 0.247 e. The van der Waals surface area contributed by atoms with Crippen LogP contribution in [0, 0.1) is 9.49 Å². The summed E-state index contributed by atoms with van der Waals surface area (Å²) in [4.78, 5) is 28.5. The molecule has 4 rings (SSSR count). The molecule has 4 atom stereocenters. The third-order valence-corrected chi connectivity index (χ3v) is 7.94. The number of amides is 2. The van der Waals surface area contributed by atoms with E-state index in [1.807, 2.05) is 42.5 Å². The monoisotopic (exact) mass is 650 g/mol. The number of methoxy groups -OCH3 is 1. The number of aliphatic hydroxyl groups is 2. The lowest BCUT2D eigenvalue weighted by Crippen LogP contribution is -2.56. The highest BCUT2D eigenvalue weighted by atomic mass is 127. The first-order valence-corrected chi connectivity index (χ1v) is 14.2. The number of hydrogen-bond donors (Lipinski definition) is 3. The molecule has 39 heavy (non-hydrogen) atoms. The van der Waals surface area contributed by atoms with Crippen LogP contribution in [0.15, 0.2) is 60.2 Å². The number of carbonyl (C=O) groups excluding carboxylic acids is 2. The first-order chi connectivity index (χ1) is 18.9. The molecule has 1 heterocycles. The van der Waals surface area contributed by atoms with E-state index in [-0.39, 0.29) is 37.3 Å². The summed E-state index contributed by atoms with van der Waals surface area (Å²) < 4.78 is 17.9. The zero-order chi connectivity index (χ0) is 27.8. The molecule has 1 aliphatic carbocycles. The summed E-state index contributed by atoms with van der Waals surface area (Å²) in [6.45, 7) is 1.09. The van der Waals surface area contributed by atoms with Crippen molar-refractivity contribution in [2.45, 2.75) is 37.5 Å². The Balaban J connectivity index is 1.64. The van der Waals surface area contributed by atoms with E-state index in [4.69, 9.17) is 14.2 Å². The number of para-hydroxylation sites is 1. The highest BCUT2D eigenvalue weighted by molar-refractivity contribution is 14.1. The van der Waals surface area contributed by atoms with Gasteiger partial charge in [0.25, 0.3) is 0 Å². The van der Waals surface area contributed by atoms with Crippen LogP contribution in [0.4, 0.5) is 0 Å². The Bertz CT molecular complexity index is 1170. The summed E-state index contributed by atoms with van der Waals surface area (Å²) in [6.07, 6.45) is 0.993. The van der Waals surface area contributed by atoms with Gasteiger partial charge in [-0.2, -0.15) is 0 Å². The second-order valence-electron chi connectivity index (χ2n) is 9.64. The Morgan fingerprint density at radius 2 is 2.03 bits per heavy atom. The van der Waals surface area contributed by atoms with Gasteiger partial charge in [0.2, 0.25) is 11.8 Å². The number of nitrogens with one attached hydrogen (secondary N) is 1. The average molecular weight is 651 g/mol. The van der Waals surface area contributed by atoms with E-state index in [0.717, 1.165) is 14.9 Å². The third kappa shape index (κ3) is 7.50. The van der Waals surface area contributed by atoms with Gasteiger partial charge in [0.1, 0.15) is 23.7 Å². The van der Waals surface area contributed by atoms with Crippen molar-refractivity contribution < 1.29 is 34.0 Å². The van der Waals surface area contributed by atoms with Crippen LogP contribution in [0.5, 0.6) is 11.5 Å². The molecule has 1 saturated heterocycles. The van der Waals surface area contributed by atoms with Crippen LogP contribution in [-0.2, 0) is 20.7 Å². The normalized spacial score (nSPS) is 22.6. The van der Waals surface area contributed by atoms with Crippen molar-refractivity contribution >= 4 is 34.4 Å². The Morgan fingerprint density at radius 3 is 2.74 bits per heavy atom. The summed E-state index contributed by atoms with van der Waals surface area (Å²) in [5.74, 6) is 0.525. The highest BCUT2D eigenvalue weighted by Gasteiger charge is 2.42. The molecule has 10 heteroatoms. The minimum Gasteiger partial charge on any atom is -0.497 e. The zero-order valence-corrected chi connectivity index (χ0v) is 24.1. The molecule has 1 unspecified atom stereocenters. The molecular weight excluding hydrogens is 615 g/mol. The van der Waals surface area contributed by atoms with E-state index < -0.39 is 18.2 Å². The number of ether oxygens (including phenoxy) is 3. The van der Waals surface area contributed by atoms with Gasteiger partial charge in [-0.1, -0.05) is 24.3 Å². The number of aliphatic hydroxyl groups excluding tert-OH is 2. The van der Waals surface area contributed by atoms with Gasteiger partial charge >= 0.3 is 0 Å². The Hall–Kier alpha value is -2.67. The predicted octanol–water partition coefficient (Wildman–Crippen LogP) is 2.32. The van der Waals surface area contributed by atoms with Crippen molar-refractivity contribution in [2.24, 2.45) is 5.92 Å². The van der Waals surface area contributed by atoms with Crippen LogP contribution >= 0.6 is 22.6 Å². The lowest BCUT2D eigenvalue weighted by molar-refractivity contribution is -0.142. The molecule has 3 N–H and O–H groups in total. The van der Waals surface area contributed by atoms with E-state index >= 15 is 0 Å². The molecule has 2 amide bonds. The van der Waals surface area contributed by atoms with Crippen LogP contribution in [0.3, 0.4) is 0 Å². The number of carbonyl (C=O) groups is 2. The summed E-state index contributed by atoms with van der Waals surface area (Å²) in [6, 6.07) is 14.4. The van der Waals surface area contributed by atoms with Crippen LogP contribution in [0.1, 0.15) is 18.4 Å². The molecule has 1 fully saturated rings. The summed E-state index contributed by atoms with van der Waals surface area (Å²) in [7, 11) is 1.61. The number of benzene rings is 2. The largest absolute Gasteiger partial charge is 0.497 e. The predicted molar refractivity (Wildman–Crippen MR) is 154 cm³/mol. The number of nitrogens with zero attached hydrogens (tertiary/aromatic N) is 1. The minimum absolute atomic E-state index is 0.101. The van der Waals surface area contributed by atoms with Gasteiger partial charge < -0.3 is 34.6 Å². The van der Waals surface area contributed by atoms with Gasteiger partial charge in [-0.3, -0.25) is 9.59 Å². The Kier molecular flexibility index (Phi) is 10.6. The van der Waals surface area contributed by atoms with Crippen molar-refractivity contribution in [1.82, 2.24) is 10.2 Å². The van der Waals surface area contributed by atoms with E-state index in [0.29, 0.717) is 43.9 Å². The number of halogens is 1. The quantitative estimate of drug-likeness (QED) is 0.320. The molecule has 0 radical (unpaired) electrons. The Morgan fingerprint density at radius 1 is 1.21 bits per heavy atom. The van der Waals surface area contributed by atoms with Crippen molar-refractivity contribution in [3.05, 3.63) is 69.3 Å². The average Bonchev–Trinajstić information content (AvgIpc) is 3.50. The van der Waals surface area contributed by atoms with Gasteiger partial charge in [-0.25, -0.2) is 0 Å². The smallest absolute Gasteiger partial charge is 0.247 e. The minimum atomic E-state index is -1.08. The summed E-state index contributed by atoms with van der Waals surface area (Å²) in [5, 5.41) is 23.5. The van der Waals surface area contributed by atoms with Crippen molar-refractivity contribution in [2.75, 3.05) is 40.0 Å². The fourth-order valence-corrected chi connectivity index (χ4v) is 5.46. The highest BCUT2D eigenvalue weighted by Crippen LogP contribution is 2.31. The van der Waals surface area contributed by atoms with Gasteiger partial charge in [0.15, 0.2) is 0 Å². The lowest BCUT2D eigenvalue weighted by atomic mass is 9.87. The molecule has 9 nitrogen and oxygen atoms in total. The standard InChI is InChI=1S/C29H35IN2O7/c1-37-22-6-4-5-19(15-22)9-12-32(29(36)20-10-14-38-18-20)24-16-21(28(35)31-11-13-33)17-26(27(24)34)39-25-8-3-2-7-23(25)30/h2-8,15,17,20,24,26-27,33-34H,9-14,16,18H2,1H3,(H,31,35)/t20?,24-,26+,27+/m1/s1. The molecule has 2 aliphatic rings. The van der Waals surface area contributed by atoms with Gasteiger partial charge in [0, 0.05) is 31.7 Å². The molecule has 0 aromatic heterocycles. The second kappa shape index (κ2) is 14.1. The molecule has 2 aromatic rings. The summed E-state index contributed by atoms with van der Waals surface area (Å²) in [5.41, 5.74) is 1.39. The van der Waals surface area contributed by atoms with Crippen molar-refractivity contribution in [3.63, 3.8) is 0 Å². The van der Waals surface area contributed by atoms with Crippen LogP contribution < -0.4 is 14.8 Å². The first-order valence-electron chi connectivity index (χ1n) is 13.1. The third-order valence-electron chi connectivity index (χ3n) is 7.05. The fourth-order valence-electron chi connectivity index (χ4n) is 4.95. The summed E-state index contributed by atoms with van der Waals surface area (Å²) >= 11 is 2.16. The van der Waals surface area contributed by atoms with Gasteiger partial charge in [-0.05, 0) is 71.3 Å². The maximum atomic E-state index is 13.8. The van der Waals surface area contributed by atoms with Crippen molar-refractivity contribution in [1.29, 1.82) is 0 Å². The molecule has 210 valence electrons. The van der Waals surface area contributed by atoms with Crippen LogP contribution in [-0.4, -0.2) is 85.2 Å². The Labute approximate surface area is 242 Å². The van der Waals surface area contributed by atoms with Gasteiger partial charge in [0.05, 0.1) is 35.9 Å². The van der Waals surface area contributed by atoms with Crippen molar-refractivity contribution in [3.8, 4) is 11.5 Å². The molecular formula is C29H35IN2O7. The van der Waals surface area contributed by atoms with Crippen LogP contribution in [0.2, 0.25) is 0 Å². The second-order valence-corrected chi connectivity index (χ2v) is 10.8. The molecule has 2 aromatic carbocycles. The lowest BCUT2D eigenvalue weighted by Gasteiger charge is -2.41. The first kappa shape index (κ1) is 29.3. The molecule has 0 saturated carbocycles.